The van der Waals surface area contributed by atoms with Crippen LogP contribution in [0.2, 0.25) is 0 Å². The van der Waals surface area contributed by atoms with Gasteiger partial charge in [0.2, 0.25) is 0 Å². The van der Waals surface area contributed by atoms with E-state index >= 15 is 0 Å². The number of rotatable bonds is 6. The van der Waals surface area contributed by atoms with Crippen molar-refractivity contribution in [3.05, 3.63) is 35.9 Å². The van der Waals surface area contributed by atoms with Crippen molar-refractivity contribution in [1.29, 1.82) is 0 Å². The zero-order valence-corrected chi connectivity index (χ0v) is 10.1. The molecule has 0 amide bonds. The second-order valence-corrected chi connectivity index (χ2v) is 3.75. The molecular formula is C14H20N2. The number of terminal acetylenes is 1. The minimum atomic E-state index is 0.354. The average Bonchev–Trinajstić information content (AvgIpc) is 2.35. The lowest BCUT2D eigenvalue weighted by Crippen LogP contribution is -2.35. The normalized spacial score (nSPS) is 12.4. The van der Waals surface area contributed by atoms with Crippen LogP contribution in [-0.2, 0) is 0 Å². The van der Waals surface area contributed by atoms with Crippen molar-refractivity contribution in [2.45, 2.75) is 13.0 Å². The summed E-state index contributed by atoms with van der Waals surface area (Å²) in [7, 11) is 1.97. The van der Waals surface area contributed by atoms with Gasteiger partial charge in [-0.3, -0.25) is 4.90 Å². The van der Waals surface area contributed by atoms with Crippen molar-refractivity contribution in [3.63, 3.8) is 0 Å². The van der Waals surface area contributed by atoms with Gasteiger partial charge in [0.05, 0.1) is 6.54 Å². The van der Waals surface area contributed by atoms with E-state index in [1.54, 1.807) is 0 Å². The molecule has 0 heterocycles. The molecule has 86 valence electrons. The summed E-state index contributed by atoms with van der Waals surface area (Å²) in [6.45, 7) is 4.71. The number of benzene rings is 1. The zero-order chi connectivity index (χ0) is 11.8. The van der Waals surface area contributed by atoms with Gasteiger partial charge in [0.15, 0.2) is 0 Å². The largest absolute Gasteiger partial charge is 0.318 e. The Balaban J connectivity index is 2.85. The molecule has 0 aliphatic rings. The molecule has 1 rings (SSSR count). The second kappa shape index (κ2) is 7.05. The van der Waals surface area contributed by atoms with Crippen LogP contribution in [0.3, 0.4) is 0 Å². The highest BCUT2D eigenvalue weighted by Crippen LogP contribution is 2.18. The Bertz CT molecular complexity index is 326. The maximum absolute atomic E-state index is 5.40. The zero-order valence-electron chi connectivity index (χ0n) is 10.1. The number of hydrogen-bond acceptors (Lipinski definition) is 2. The van der Waals surface area contributed by atoms with Crippen LogP contribution in [0.5, 0.6) is 0 Å². The Kier molecular flexibility index (Phi) is 5.63. The molecule has 0 saturated carbocycles. The molecule has 1 unspecified atom stereocenters. The van der Waals surface area contributed by atoms with Crippen molar-refractivity contribution in [3.8, 4) is 12.3 Å². The molecule has 0 spiro atoms. The average molecular weight is 216 g/mol. The number of nitrogens with zero attached hydrogens (tertiary/aromatic N) is 1. The second-order valence-electron chi connectivity index (χ2n) is 3.75. The SMILES string of the molecule is C#CCN(CC)C(CNC)c1ccccc1. The van der Waals surface area contributed by atoms with E-state index in [0.717, 1.165) is 13.1 Å². The minimum absolute atomic E-state index is 0.354. The minimum Gasteiger partial charge on any atom is -0.318 e. The highest BCUT2D eigenvalue weighted by Gasteiger charge is 2.16. The van der Waals surface area contributed by atoms with E-state index in [1.165, 1.54) is 5.56 Å². The first-order valence-corrected chi connectivity index (χ1v) is 5.70. The van der Waals surface area contributed by atoms with Crippen molar-refractivity contribution in [1.82, 2.24) is 10.2 Å². The van der Waals surface area contributed by atoms with Crippen LogP contribution in [-0.4, -0.2) is 31.6 Å². The van der Waals surface area contributed by atoms with Gasteiger partial charge in [-0.1, -0.05) is 43.2 Å². The quantitative estimate of drug-likeness (QED) is 0.731. The molecule has 2 nitrogen and oxygen atoms in total. The van der Waals surface area contributed by atoms with Crippen LogP contribution >= 0.6 is 0 Å². The number of nitrogens with one attached hydrogen (secondary N) is 1. The molecule has 0 aromatic heterocycles. The first-order chi connectivity index (χ1) is 7.83. The molecule has 0 fully saturated rings. The van der Waals surface area contributed by atoms with Gasteiger partial charge in [0.1, 0.15) is 0 Å². The van der Waals surface area contributed by atoms with Gasteiger partial charge in [0.25, 0.3) is 0 Å². The fourth-order valence-electron chi connectivity index (χ4n) is 1.89. The molecule has 1 aromatic rings. The van der Waals surface area contributed by atoms with Crippen molar-refractivity contribution < 1.29 is 0 Å². The summed E-state index contributed by atoms with van der Waals surface area (Å²) >= 11 is 0. The number of likely N-dealkylation sites (N-methyl/N-ethyl adjacent to an activating group) is 2. The highest BCUT2D eigenvalue weighted by atomic mass is 15.2. The van der Waals surface area contributed by atoms with Crippen LogP contribution in [0, 0.1) is 12.3 Å². The smallest absolute Gasteiger partial charge is 0.0604 e. The van der Waals surface area contributed by atoms with Gasteiger partial charge in [0, 0.05) is 12.6 Å². The van der Waals surface area contributed by atoms with Gasteiger partial charge >= 0.3 is 0 Å². The van der Waals surface area contributed by atoms with Crippen LogP contribution in [0.1, 0.15) is 18.5 Å². The van der Waals surface area contributed by atoms with Crippen LogP contribution in [0.15, 0.2) is 30.3 Å². The molecule has 16 heavy (non-hydrogen) atoms. The molecule has 1 atom stereocenters. The summed E-state index contributed by atoms with van der Waals surface area (Å²) < 4.78 is 0. The lowest BCUT2D eigenvalue weighted by atomic mass is 10.1. The Morgan fingerprint density at radius 1 is 1.38 bits per heavy atom. The third-order valence-electron chi connectivity index (χ3n) is 2.72. The predicted molar refractivity (Wildman–Crippen MR) is 69.2 cm³/mol. The third-order valence-corrected chi connectivity index (χ3v) is 2.72. The van der Waals surface area contributed by atoms with E-state index in [0.29, 0.717) is 12.6 Å². The Morgan fingerprint density at radius 3 is 2.56 bits per heavy atom. The lowest BCUT2D eigenvalue weighted by molar-refractivity contribution is 0.231. The van der Waals surface area contributed by atoms with E-state index < -0.39 is 0 Å². The molecule has 0 radical (unpaired) electrons. The monoisotopic (exact) mass is 216 g/mol. The molecule has 0 aliphatic carbocycles. The van der Waals surface area contributed by atoms with E-state index in [1.807, 2.05) is 13.1 Å². The topological polar surface area (TPSA) is 15.3 Å². The van der Waals surface area contributed by atoms with Gasteiger partial charge in [-0.25, -0.2) is 0 Å². The summed E-state index contributed by atoms with van der Waals surface area (Å²) in [5, 5.41) is 3.23. The third kappa shape index (κ3) is 3.37. The Labute approximate surface area is 98.7 Å². The molecule has 0 saturated heterocycles. The Hall–Kier alpha value is -1.30. The Morgan fingerprint density at radius 2 is 2.06 bits per heavy atom. The molecule has 0 bridgehead atoms. The standard InChI is InChI=1S/C14H20N2/c1-4-11-16(5-2)14(12-15-3)13-9-7-6-8-10-13/h1,6-10,14-15H,5,11-12H2,2-3H3. The summed E-state index contributed by atoms with van der Waals surface area (Å²) in [5.41, 5.74) is 1.31. The summed E-state index contributed by atoms with van der Waals surface area (Å²) in [6.07, 6.45) is 5.40. The van der Waals surface area contributed by atoms with Crippen molar-refractivity contribution >= 4 is 0 Å². The predicted octanol–water partition coefficient (Wildman–Crippen LogP) is 1.90. The van der Waals surface area contributed by atoms with E-state index in [2.05, 4.69) is 47.3 Å². The van der Waals surface area contributed by atoms with Gasteiger partial charge in [-0.2, -0.15) is 0 Å². The number of hydrogen-bond donors (Lipinski definition) is 1. The van der Waals surface area contributed by atoms with Crippen LogP contribution in [0.25, 0.3) is 0 Å². The maximum Gasteiger partial charge on any atom is 0.0604 e. The van der Waals surface area contributed by atoms with Crippen molar-refractivity contribution in [2.24, 2.45) is 0 Å². The summed E-state index contributed by atoms with van der Waals surface area (Å²) in [6, 6.07) is 10.8. The fraction of sp³-hybridized carbons (Fsp3) is 0.429. The van der Waals surface area contributed by atoms with E-state index in [9.17, 15) is 0 Å². The lowest BCUT2D eigenvalue weighted by Gasteiger charge is -2.29. The van der Waals surface area contributed by atoms with E-state index in [-0.39, 0.29) is 0 Å². The van der Waals surface area contributed by atoms with E-state index in [4.69, 9.17) is 6.42 Å². The molecule has 1 N–H and O–H groups in total. The van der Waals surface area contributed by atoms with Gasteiger partial charge < -0.3 is 5.32 Å². The van der Waals surface area contributed by atoms with Gasteiger partial charge in [-0.05, 0) is 19.2 Å². The van der Waals surface area contributed by atoms with Crippen LogP contribution in [0.4, 0.5) is 0 Å². The first kappa shape index (κ1) is 12.8. The summed E-state index contributed by atoms with van der Waals surface area (Å²) in [5.74, 6) is 2.73. The maximum atomic E-state index is 5.40. The summed E-state index contributed by atoms with van der Waals surface area (Å²) in [4.78, 5) is 2.30. The van der Waals surface area contributed by atoms with Crippen molar-refractivity contribution in [2.75, 3.05) is 26.7 Å². The van der Waals surface area contributed by atoms with Gasteiger partial charge in [-0.15, -0.1) is 6.42 Å². The first-order valence-electron chi connectivity index (χ1n) is 5.70. The highest BCUT2D eigenvalue weighted by molar-refractivity contribution is 5.19. The fourth-order valence-corrected chi connectivity index (χ4v) is 1.89. The molecule has 2 heteroatoms. The molecule has 0 aliphatic heterocycles. The molecule has 1 aromatic carbocycles. The van der Waals surface area contributed by atoms with Crippen LogP contribution < -0.4 is 5.32 Å². The molecular weight excluding hydrogens is 196 g/mol.